The third-order valence-electron chi connectivity index (χ3n) is 2.18. The summed E-state index contributed by atoms with van der Waals surface area (Å²) in [6.07, 6.45) is 0.875. The van der Waals surface area contributed by atoms with E-state index in [4.69, 9.17) is 5.26 Å². The fourth-order valence-electron chi connectivity index (χ4n) is 1.36. The summed E-state index contributed by atoms with van der Waals surface area (Å²) < 4.78 is 0. The van der Waals surface area contributed by atoms with Crippen LogP contribution in [0.4, 0.5) is 11.4 Å². The molecule has 1 rings (SSSR count). The molecule has 0 heterocycles. The summed E-state index contributed by atoms with van der Waals surface area (Å²) in [5.41, 5.74) is 0.892. The molecule has 7 heteroatoms. The predicted octanol–water partition coefficient (Wildman–Crippen LogP) is -2.93. The van der Waals surface area contributed by atoms with Crippen LogP contribution in [0.15, 0.2) is 18.2 Å². The number of carboxylic acids is 1. The normalized spacial score (nSPS) is 8.84. The molecule has 1 aromatic carbocycles. The van der Waals surface area contributed by atoms with Gasteiger partial charge in [0, 0.05) is 6.54 Å². The standard InChI is InChI=1S/C12H13N3O3.Na/c1-2-6-14-9-4-3-5-10(8(9)7-13)15-11(16)12(17)18;/h3-5,14H,2,6H2,1H3,(H,15,16)(H,17,18);/q;+1/p-1. The van der Waals surface area contributed by atoms with Crippen LogP contribution in [0.25, 0.3) is 0 Å². The molecule has 1 aromatic rings. The van der Waals surface area contributed by atoms with Crippen molar-refractivity contribution < 1.29 is 44.3 Å². The van der Waals surface area contributed by atoms with Crippen molar-refractivity contribution in [2.45, 2.75) is 13.3 Å². The minimum Gasteiger partial charge on any atom is -0.540 e. The molecule has 0 aromatic heterocycles. The number of carbonyl (C=O) groups is 2. The van der Waals surface area contributed by atoms with Crippen molar-refractivity contribution in [1.29, 1.82) is 5.26 Å². The molecule has 2 N–H and O–H groups in total. The first kappa shape index (κ1) is 17.4. The maximum absolute atomic E-state index is 11.0. The topological polar surface area (TPSA) is 105 Å². The number of rotatable bonds is 4. The Hall–Kier alpha value is -1.55. The smallest absolute Gasteiger partial charge is 0.540 e. The van der Waals surface area contributed by atoms with Gasteiger partial charge in [0.05, 0.1) is 16.9 Å². The van der Waals surface area contributed by atoms with E-state index in [2.05, 4.69) is 10.6 Å². The van der Waals surface area contributed by atoms with Gasteiger partial charge in [-0.1, -0.05) is 13.0 Å². The van der Waals surface area contributed by atoms with Gasteiger partial charge >= 0.3 is 29.6 Å². The monoisotopic (exact) mass is 269 g/mol. The van der Waals surface area contributed by atoms with Crippen LogP contribution in [0.2, 0.25) is 0 Å². The molecule has 19 heavy (non-hydrogen) atoms. The van der Waals surface area contributed by atoms with Gasteiger partial charge in [-0.2, -0.15) is 5.26 Å². The molecule has 0 saturated heterocycles. The number of carbonyl (C=O) groups excluding carboxylic acids is 2. The van der Waals surface area contributed by atoms with Gasteiger partial charge in [-0.05, 0) is 18.6 Å². The summed E-state index contributed by atoms with van der Waals surface area (Å²) in [7, 11) is 0. The van der Waals surface area contributed by atoms with Gasteiger partial charge in [-0.25, -0.2) is 0 Å². The van der Waals surface area contributed by atoms with Crippen molar-refractivity contribution in [3.05, 3.63) is 23.8 Å². The SMILES string of the molecule is CCCNc1cccc(NC(=O)C(=O)[O-])c1C#N.[Na+]. The quantitative estimate of drug-likeness (QED) is 0.450. The molecule has 0 unspecified atom stereocenters. The molecule has 0 bridgehead atoms. The first-order valence-corrected chi connectivity index (χ1v) is 5.39. The third-order valence-corrected chi connectivity index (χ3v) is 2.18. The van der Waals surface area contributed by atoms with E-state index in [-0.39, 0.29) is 40.8 Å². The number of carboxylic acid groups (broad SMARTS) is 1. The Morgan fingerprint density at radius 2 is 2.00 bits per heavy atom. The first-order chi connectivity index (χ1) is 8.60. The zero-order valence-electron chi connectivity index (χ0n) is 10.8. The first-order valence-electron chi connectivity index (χ1n) is 5.39. The van der Waals surface area contributed by atoms with E-state index in [0.29, 0.717) is 12.2 Å². The van der Waals surface area contributed by atoms with E-state index in [1.54, 1.807) is 12.1 Å². The maximum atomic E-state index is 11.0. The number of anilines is 2. The Morgan fingerprint density at radius 3 is 2.53 bits per heavy atom. The number of nitrogens with one attached hydrogen (secondary N) is 2. The number of benzene rings is 1. The van der Waals surface area contributed by atoms with Gasteiger partial charge in [-0.15, -0.1) is 0 Å². The van der Waals surface area contributed by atoms with Gasteiger partial charge in [0.25, 0.3) is 5.91 Å². The van der Waals surface area contributed by atoms with Crippen LogP contribution in [0.5, 0.6) is 0 Å². The molecule has 0 spiro atoms. The molecule has 0 radical (unpaired) electrons. The molecule has 1 amide bonds. The largest absolute Gasteiger partial charge is 1.00 e. The van der Waals surface area contributed by atoms with Crippen LogP contribution in [0.3, 0.4) is 0 Å². The van der Waals surface area contributed by atoms with E-state index in [1.165, 1.54) is 6.07 Å². The molecule has 6 nitrogen and oxygen atoms in total. The predicted molar refractivity (Wildman–Crippen MR) is 63.6 cm³/mol. The van der Waals surface area contributed by atoms with Crippen molar-refractivity contribution in [2.24, 2.45) is 0 Å². The number of hydrogen-bond acceptors (Lipinski definition) is 5. The van der Waals surface area contributed by atoms with Gasteiger partial charge < -0.3 is 20.5 Å². The van der Waals surface area contributed by atoms with Crippen LogP contribution in [0.1, 0.15) is 18.9 Å². The van der Waals surface area contributed by atoms with Crippen LogP contribution in [-0.2, 0) is 9.59 Å². The minimum absolute atomic E-state index is 0. The second-order valence-electron chi connectivity index (χ2n) is 3.51. The number of amides is 1. The number of aliphatic carboxylic acids is 1. The molecule has 0 aliphatic rings. The van der Waals surface area contributed by atoms with Crippen molar-refractivity contribution in [3.63, 3.8) is 0 Å². The van der Waals surface area contributed by atoms with Crippen LogP contribution >= 0.6 is 0 Å². The van der Waals surface area contributed by atoms with Crippen LogP contribution in [-0.4, -0.2) is 18.4 Å². The summed E-state index contributed by atoms with van der Waals surface area (Å²) in [6, 6.07) is 6.68. The second kappa shape index (κ2) is 8.53. The molecule has 0 aliphatic carbocycles. The summed E-state index contributed by atoms with van der Waals surface area (Å²) in [5, 5.41) is 24.5. The average Bonchev–Trinajstić information content (AvgIpc) is 2.36. The number of nitrogens with zero attached hydrogens (tertiary/aromatic N) is 1. The fraction of sp³-hybridized carbons (Fsp3) is 0.250. The van der Waals surface area contributed by atoms with E-state index < -0.39 is 11.9 Å². The van der Waals surface area contributed by atoms with Gasteiger partial charge in [-0.3, -0.25) is 4.79 Å². The third kappa shape index (κ3) is 4.91. The molecule has 0 atom stereocenters. The minimum atomic E-state index is -1.84. The molecule has 94 valence electrons. The fourth-order valence-corrected chi connectivity index (χ4v) is 1.36. The van der Waals surface area contributed by atoms with E-state index in [1.807, 2.05) is 13.0 Å². The Kier molecular flexibility index (Phi) is 7.84. The number of hydrogen-bond donors (Lipinski definition) is 2. The Labute approximate surface area is 133 Å². The van der Waals surface area contributed by atoms with E-state index >= 15 is 0 Å². The molecular formula is C12H12N3NaO3. The van der Waals surface area contributed by atoms with Crippen molar-refractivity contribution in [1.82, 2.24) is 0 Å². The average molecular weight is 269 g/mol. The van der Waals surface area contributed by atoms with Gasteiger partial charge in [0.15, 0.2) is 0 Å². The molecule has 0 saturated carbocycles. The summed E-state index contributed by atoms with van der Waals surface area (Å²) in [4.78, 5) is 21.3. The van der Waals surface area contributed by atoms with Gasteiger partial charge in [0.1, 0.15) is 12.0 Å². The summed E-state index contributed by atoms with van der Waals surface area (Å²) in [6.45, 7) is 2.65. The Bertz CT molecular complexity index is 511. The Morgan fingerprint density at radius 1 is 1.37 bits per heavy atom. The zero-order chi connectivity index (χ0) is 13.5. The Balaban J connectivity index is 0.00000324. The van der Waals surface area contributed by atoms with Crippen LogP contribution < -0.4 is 45.3 Å². The van der Waals surface area contributed by atoms with Gasteiger partial charge in [0.2, 0.25) is 0 Å². The molecular weight excluding hydrogens is 257 g/mol. The summed E-state index contributed by atoms with van der Waals surface area (Å²) >= 11 is 0. The zero-order valence-corrected chi connectivity index (χ0v) is 12.8. The maximum Gasteiger partial charge on any atom is 1.00 e. The summed E-state index contributed by atoms with van der Waals surface area (Å²) in [5.74, 6) is -3.12. The molecule has 0 fully saturated rings. The van der Waals surface area contributed by atoms with E-state index in [9.17, 15) is 14.7 Å². The number of nitriles is 1. The van der Waals surface area contributed by atoms with Crippen molar-refractivity contribution in [2.75, 3.05) is 17.2 Å². The second-order valence-corrected chi connectivity index (χ2v) is 3.51. The van der Waals surface area contributed by atoms with Crippen molar-refractivity contribution >= 4 is 23.3 Å². The van der Waals surface area contributed by atoms with Crippen molar-refractivity contribution in [3.8, 4) is 6.07 Å². The molecule has 0 aliphatic heterocycles. The van der Waals surface area contributed by atoms with E-state index in [0.717, 1.165) is 6.42 Å². The van der Waals surface area contributed by atoms with Crippen LogP contribution in [0, 0.1) is 11.3 Å².